The molecular formula is C23H34N2O. The van der Waals surface area contributed by atoms with Gasteiger partial charge in [0.25, 0.3) is 0 Å². The van der Waals surface area contributed by atoms with Crippen molar-refractivity contribution in [2.45, 2.75) is 90.4 Å². The number of nitrogens with zero attached hydrogens (tertiary/aromatic N) is 1. The number of carbonyl (C=O) groups excluding carboxylic acids is 1. The van der Waals surface area contributed by atoms with Gasteiger partial charge in [0.05, 0.1) is 6.07 Å². The summed E-state index contributed by atoms with van der Waals surface area (Å²) in [5, 5.41) is 11.9. The van der Waals surface area contributed by atoms with Gasteiger partial charge in [-0.1, -0.05) is 76.8 Å². The van der Waals surface area contributed by atoms with Gasteiger partial charge < -0.3 is 5.32 Å². The molecular weight excluding hydrogens is 320 g/mol. The second-order valence-corrected chi connectivity index (χ2v) is 7.78. The Bertz CT molecular complexity index is 581. The maximum Gasteiger partial charge on any atom is 0.244 e. The molecule has 3 heteroatoms. The fourth-order valence-corrected chi connectivity index (χ4v) is 3.34. The number of hydrogen-bond donors (Lipinski definition) is 1. The van der Waals surface area contributed by atoms with E-state index in [1.165, 1.54) is 69.8 Å². The molecule has 1 aromatic rings. The Morgan fingerprint density at radius 1 is 0.962 bits per heavy atom. The van der Waals surface area contributed by atoms with Gasteiger partial charge >= 0.3 is 0 Å². The van der Waals surface area contributed by atoms with Crippen LogP contribution in [0.15, 0.2) is 24.3 Å². The average Bonchev–Trinajstić information content (AvgIpc) is 3.46. The third-order valence-electron chi connectivity index (χ3n) is 5.43. The molecule has 1 aromatic carbocycles. The number of hydrogen-bond acceptors (Lipinski definition) is 2. The minimum Gasteiger partial charge on any atom is -0.325 e. The normalized spacial score (nSPS) is 14.6. The van der Waals surface area contributed by atoms with Crippen LogP contribution in [0.4, 0.5) is 5.69 Å². The van der Waals surface area contributed by atoms with Crippen molar-refractivity contribution in [1.82, 2.24) is 0 Å². The van der Waals surface area contributed by atoms with Crippen molar-refractivity contribution in [3.63, 3.8) is 0 Å². The van der Waals surface area contributed by atoms with Crippen molar-refractivity contribution in [3.8, 4) is 6.07 Å². The van der Waals surface area contributed by atoms with Crippen LogP contribution in [0.3, 0.4) is 0 Å². The van der Waals surface area contributed by atoms with E-state index in [1.807, 2.05) is 12.1 Å². The number of anilines is 1. The number of nitrogens with one attached hydrogen (secondary N) is 1. The Labute approximate surface area is 159 Å². The zero-order chi connectivity index (χ0) is 18.7. The largest absolute Gasteiger partial charge is 0.325 e. The summed E-state index contributed by atoms with van der Waals surface area (Å²) >= 11 is 0. The van der Waals surface area contributed by atoms with Gasteiger partial charge in [-0.3, -0.25) is 4.79 Å². The Kier molecular flexibility index (Phi) is 8.68. The number of carbonyl (C=O) groups is 1. The molecule has 2 rings (SSSR count). The Balaban J connectivity index is 1.54. The molecule has 26 heavy (non-hydrogen) atoms. The monoisotopic (exact) mass is 354 g/mol. The first kappa shape index (κ1) is 20.5. The highest BCUT2D eigenvalue weighted by Crippen LogP contribution is 2.45. The van der Waals surface area contributed by atoms with E-state index < -0.39 is 5.41 Å². The lowest BCUT2D eigenvalue weighted by molar-refractivity contribution is -0.119. The predicted molar refractivity (Wildman–Crippen MR) is 108 cm³/mol. The minimum absolute atomic E-state index is 0.151. The van der Waals surface area contributed by atoms with E-state index in [1.54, 1.807) is 0 Å². The molecule has 0 aliphatic heterocycles. The number of benzene rings is 1. The van der Waals surface area contributed by atoms with Gasteiger partial charge in [-0.2, -0.15) is 5.26 Å². The number of unbranched alkanes of at least 4 members (excludes halogenated alkanes) is 9. The molecule has 0 saturated heterocycles. The van der Waals surface area contributed by atoms with Crippen molar-refractivity contribution in [2.24, 2.45) is 5.41 Å². The molecule has 1 aliphatic rings. The summed E-state index contributed by atoms with van der Waals surface area (Å²) in [6.07, 6.45) is 16.1. The van der Waals surface area contributed by atoms with Gasteiger partial charge in [0.1, 0.15) is 5.41 Å². The van der Waals surface area contributed by atoms with E-state index in [0.717, 1.165) is 12.1 Å². The lowest BCUT2D eigenvalue weighted by atomic mass is 10.0. The van der Waals surface area contributed by atoms with E-state index in [2.05, 4.69) is 30.4 Å². The number of aryl methyl sites for hydroxylation is 1. The topological polar surface area (TPSA) is 52.9 Å². The molecule has 1 N–H and O–H groups in total. The highest BCUT2D eigenvalue weighted by Gasteiger charge is 2.50. The zero-order valence-corrected chi connectivity index (χ0v) is 16.4. The summed E-state index contributed by atoms with van der Waals surface area (Å²) in [6.45, 7) is 2.27. The number of rotatable bonds is 13. The fraction of sp³-hybridized carbons (Fsp3) is 0.652. The van der Waals surface area contributed by atoms with Gasteiger partial charge in [-0.25, -0.2) is 0 Å². The lowest BCUT2D eigenvalue weighted by Crippen LogP contribution is -2.22. The van der Waals surface area contributed by atoms with Gasteiger partial charge in [0.2, 0.25) is 5.91 Å². The third kappa shape index (κ3) is 6.83. The molecule has 3 nitrogen and oxygen atoms in total. The first-order valence-corrected chi connectivity index (χ1v) is 10.5. The van der Waals surface area contributed by atoms with E-state index in [4.69, 9.17) is 5.26 Å². The van der Waals surface area contributed by atoms with Crippen LogP contribution >= 0.6 is 0 Å². The van der Waals surface area contributed by atoms with E-state index in [9.17, 15) is 4.79 Å². The second kappa shape index (κ2) is 11.0. The summed E-state index contributed by atoms with van der Waals surface area (Å²) in [7, 11) is 0. The fourth-order valence-electron chi connectivity index (χ4n) is 3.34. The van der Waals surface area contributed by atoms with Gasteiger partial charge in [0.15, 0.2) is 0 Å². The summed E-state index contributed by atoms with van der Waals surface area (Å²) in [6, 6.07) is 10.2. The van der Waals surface area contributed by atoms with Crippen LogP contribution in [0.1, 0.15) is 89.5 Å². The molecule has 0 atom stereocenters. The zero-order valence-electron chi connectivity index (χ0n) is 16.4. The molecule has 1 amide bonds. The van der Waals surface area contributed by atoms with Crippen molar-refractivity contribution < 1.29 is 4.79 Å². The average molecular weight is 355 g/mol. The molecule has 0 heterocycles. The Morgan fingerprint density at radius 2 is 1.50 bits per heavy atom. The van der Waals surface area contributed by atoms with Gasteiger partial charge in [0, 0.05) is 5.69 Å². The van der Waals surface area contributed by atoms with Crippen LogP contribution in [-0.2, 0) is 11.2 Å². The van der Waals surface area contributed by atoms with Crippen LogP contribution in [0.5, 0.6) is 0 Å². The molecule has 1 aliphatic carbocycles. The number of nitriles is 1. The molecule has 142 valence electrons. The van der Waals surface area contributed by atoms with Crippen LogP contribution < -0.4 is 5.32 Å². The highest BCUT2D eigenvalue weighted by atomic mass is 16.2. The molecule has 0 unspecified atom stereocenters. The first-order chi connectivity index (χ1) is 12.7. The smallest absolute Gasteiger partial charge is 0.244 e. The molecule has 0 spiro atoms. The van der Waals surface area contributed by atoms with Crippen LogP contribution in [0.25, 0.3) is 0 Å². The van der Waals surface area contributed by atoms with Crippen molar-refractivity contribution in [3.05, 3.63) is 29.8 Å². The predicted octanol–water partition coefficient (Wildman–Crippen LogP) is 6.39. The minimum atomic E-state index is -0.755. The third-order valence-corrected chi connectivity index (χ3v) is 5.43. The van der Waals surface area contributed by atoms with E-state index in [-0.39, 0.29) is 5.91 Å². The van der Waals surface area contributed by atoms with Gasteiger partial charge in [-0.05, 0) is 43.4 Å². The summed E-state index contributed by atoms with van der Waals surface area (Å²) < 4.78 is 0. The number of amides is 1. The maximum atomic E-state index is 12.0. The van der Waals surface area contributed by atoms with Gasteiger partial charge in [-0.15, -0.1) is 0 Å². The van der Waals surface area contributed by atoms with E-state index >= 15 is 0 Å². The molecule has 0 radical (unpaired) electrons. The summed E-state index contributed by atoms with van der Waals surface area (Å²) in [4.78, 5) is 12.0. The quantitative estimate of drug-likeness (QED) is 0.417. The molecule has 1 fully saturated rings. The van der Waals surface area contributed by atoms with Crippen molar-refractivity contribution >= 4 is 11.6 Å². The molecule has 1 saturated carbocycles. The summed E-state index contributed by atoms with van der Waals surface area (Å²) in [5.74, 6) is -0.151. The van der Waals surface area contributed by atoms with Crippen LogP contribution in [0, 0.1) is 16.7 Å². The Hall–Kier alpha value is -1.82. The SMILES string of the molecule is CCCCCCCCCCCCc1ccc(NC(=O)C2(C#N)CC2)cc1. The van der Waals surface area contributed by atoms with Crippen LogP contribution in [-0.4, -0.2) is 5.91 Å². The first-order valence-electron chi connectivity index (χ1n) is 10.5. The van der Waals surface area contributed by atoms with Crippen molar-refractivity contribution in [2.75, 3.05) is 5.32 Å². The standard InChI is InChI=1S/C23H34N2O/c1-2-3-4-5-6-7-8-9-10-11-12-20-13-15-21(16-14-20)25-22(26)23(19-24)17-18-23/h13-16H,2-12,17-18H2,1H3,(H,25,26). The molecule has 0 aromatic heterocycles. The lowest BCUT2D eigenvalue weighted by Gasteiger charge is -2.09. The highest BCUT2D eigenvalue weighted by molar-refractivity contribution is 5.99. The second-order valence-electron chi connectivity index (χ2n) is 7.78. The van der Waals surface area contributed by atoms with Crippen LogP contribution in [0.2, 0.25) is 0 Å². The van der Waals surface area contributed by atoms with E-state index in [0.29, 0.717) is 12.8 Å². The Morgan fingerprint density at radius 3 is 2.00 bits per heavy atom. The summed E-state index contributed by atoms with van der Waals surface area (Å²) in [5.41, 5.74) is 1.36. The maximum absolute atomic E-state index is 12.0. The van der Waals surface area contributed by atoms with Crippen molar-refractivity contribution in [1.29, 1.82) is 5.26 Å². The molecule has 0 bridgehead atoms.